The summed E-state index contributed by atoms with van der Waals surface area (Å²) in [4.78, 5) is 0.443. The number of halogens is 2. The SMILES string of the molecule is CC1CC(Br)C(O)C(CC2CC(C)CC(Br)C2O)C1. The number of rotatable bonds is 2. The van der Waals surface area contributed by atoms with Crippen LogP contribution in [-0.4, -0.2) is 32.1 Å². The monoisotopic (exact) mass is 396 g/mol. The molecule has 0 radical (unpaired) electrons. The molecule has 0 aromatic carbocycles. The van der Waals surface area contributed by atoms with Crippen molar-refractivity contribution in [1.82, 2.24) is 0 Å². The smallest absolute Gasteiger partial charge is 0.0693 e. The van der Waals surface area contributed by atoms with Crippen molar-refractivity contribution in [2.45, 2.75) is 67.8 Å². The lowest BCUT2D eigenvalue weighted by molar-refractivity contribution is 0.00345. The van der Waals surface area contributed by atoms with Gasteiger partial charge in [0.2, 0.25) is 0 Å². The van der Waals surface area contributed by atoms with E-state index >= 15 is 0 Å². The van der Waals surface area contributed by atoms with Gasteiger partial charge < -0.3 is 10.2 Å². The van der Waals surface area contributed by atoms with Gasteiger partial charge in [0.15, 0.2) is 0 Å². The summed E-state index contributed by atoms with van der Waals surface area (Å²) in [6, 6.07) is 0. The van der Waals surface area contributed by atoms with Crippen LogP contribution in [0.5, 0.6) is 0 Å². The molecule has 0 aromatic heterocycles. The largest absolute Gasteiger partial charge is 0.392 e. The number of hydrogen-bond acceptors (Lipinski definition) is 2. The summed E-state index contributed by atoms with van der Waals surface area (Å²) in [5.74, 6) is 1.99. The first-order valence-electron chi connectivity index (χ1n) is 7.52. The first-order chi connectivity index (χ1) is 8.88. The maximum Gasteiger partial charge on any atom is 0.0693 e. The predicted octanol–water partition coefficient (Wildman–Crippen LogP) is 3.72. The molecular formula is C15H26Br2O2. The van der Waals surface area contributed by atoms with Crippen LogP contribution < -0.4 is 0 Å². The van der Waals surface area contributed by atoms with Gasteiger partial charge >= 0.3 is 0 Å². The van der Waals surface area contributed by atoms with Crippen molar-refractivity contribution >= 4 is 31.9 Å². The van der Waals surface area contributed by atoms with Crippen molar-refractivity contribution in [3.05, 3.63) is 0 Å². The van der Waals surface area contributed by atoms with E-state index in [-0.39, 0.29) is 21.9 Å². The molecule has 19 heavy (non-hydrogen) atoms. The minimum absolute atomic E-state index is 0.221. The van der Waals surface area contributed by atoms with Gasteiger partial charge in [0.1, 0.15) is 0 Å². The van der Waals surface area contributed by atoms with Crippen LogP contribution in [0.3, 0.4) is 0 Å². The predicted molar refractivity (Wildman–Crippen MR) is 85.8 cm³/mol. The van der Waals surface area contributed by atoms with Crippen LogP contribution in [0.25, 0.3) is 0 Å². The molecule has 0 aromatic rings. The Morgan fingerprint density at radius 1 is 0.789 bits per heavy atom. The minimum Gasteiger partial charge on any atom is -0.392 e. The van der Waals surface area contributed by atoms with Crippen LogP contribution in [-0.2, 0) is 0 Å². The number of aliphatic hydroxyl groups excluding tert-OH is 2. The van der Waals surface area contributed by atoms with Gasteiger partial charge in [-0.3, -0.25) is 0 Å². The lowest BCUT2D eigenvalue weighted by Crippen LogP contribution is -2.43. The zero-order valence-electron chi connectivity index (χ0n) is 11.8. The van der Waals surface area contributed by atoms with Gasteiger partial charge in [0.05, 0.1) is 12.2 Å². The molecule has 0 spiro atoms. The number of hydrogen-bond donors (Lipinski definition) is 2. The Kier molecular flexibility index (Phi) is 5.78. The molecule has 0 bridgehead atoms. The van der Waals surface area contributed by atoms with Crippen molar-refractivity contribution in [3.63, 3.8) is 0 Å². The van der Waals surface area contributed by atoms with Gasteiger partial charge in [-0.05, 0) is 55.8 Å². The lowest BCUT2D eigenvalue weighted by Gasteiger charge is -2.41. The van der Waals surface area contributed by atoms with Gasteiger partial charge in [-0.25, -0.2) is 0 Å². The molecule has 0 heterocycles. The van der Waals surface area contributed by atoms with Gasteiger partial charge in [0.25, 0.3) is 0 Å². The second kappa shape index (κ2) is 6.76. The Morgan fingerprint density at radius 3 is 1.53 bits per heavy atom. The highest BCUT2D eigenvalue weighted by molar-refractivity contribution is 9.09. The Bertz CT molecular complexity index is 272. The zero-order chi connectivity index (χ0) is 14.2. The molecule has 2 rings (SSSR count). The second-order valence-electron chi connectivity index (χ2n) is 6.92. The fourth-order valence-electron chi connectivity index (χ4n) is 4.00. The minimum atomic E-state index is -0.255. The molecule has 2 N–H and O–H groups in total. The normalized spacial score (nSPS) is 52.1. The Balaban J connectivity index is 1.98. The quantitative estimate of drug-likeness (QED) is 0.697. The average Bonchev–Trinajstić information content (AvgIpc) is 2.31. The van der Waals surface area contributed by atoms with E-state index in [9.17, 15) is 10.2 Å². The maximum atomic E-state index is 10.4. The zero-order valence-corrected chi connectivity index (χ0v) is 15.0. The highest BCUT2D eigenvalue weighted by Crippen LogP contribution is 2.42. The van der Waals surface area contributed by atoms with E-state index in [1.807, 2.05) is 0 Å². The lowest BCUT2D eigenvalue weighted by atomic mass is 9.71. The van der Waals surface area contributed by atoms with Gasteiger partial charge in [-0.2, -0.15) is 0 Å². The van der Waals surface area contributed by atoms with Gasteiger partial charge in [-0.1, -0.05) is 45.7 Å². The maximum absolute atomic E-state index is 10.4. The van der Waals surface area contributed by atoms with E-state index in [4.69, 9.17) is 0 Å². The molecule has 112 valence electrons. The summed E-state index contributed by atoms with van der Waals surface area (Å²) in [5, 5.41) is 20.7. The van der Waals surface area contributed by atoms with Crippen LogP contribution in [0.15, 0.2) is 0 Å². The standard InChI is InChI=1S/C15H26Br2O2/c1-8-3-10(14(18)12(16)5-8)7-11-4-9(2)6-13(17)15(11)19/h8-15,18-19H,3-7H2,1-2H3. The van der Waals surface area contributed by atoms with E-state index in [1.54, 1.807) is 0 Å². The molecule has 4 heteroatoms. The fourth-order valence-corrected chi connectivity index (χ4v) is 6.14. The third-order valence-corrected chi connectivity index (χ3v) is 6.81. The van der Waals surface area contributed by atoms with Gasteiger partial charge in [-0.15, -0.1) is 0 Å². The van der Waals surface area contributed by atoms with E-state index < -0.39 is 0 Å². The summed E-state index contributed by atoms with van der Waals surface area (Å²) < 4.78 is 0. The molecule has 2 nitrogen and oxygen atoms in total. The summed E-state index contributed by atoms with van der Waals surface area (Å²) in [7, 11) is 0. The second-order valence-corrected chi connectivity index (χ2v) is 9.27. The number of alkyl halides is 2. The molecule has 0 amide bonds. The molecular weight excluding hydrogens is 372 g/mol. The van der Waals surface area contributed by atoms with Gasteiger partial charge in [0, 0.05) is 9.65 Å². The fraction of sp³-hybridized carbons (Fsp3) is 1.00. The van der Waals surface area contributed by atoms with Crippen molar-refractivity contribution in [2.24, 2.45) is 23.7 Å². The summed E-state index contributed by atoms with van der Waals surface area (Å²) >= 11 is 7.23. The third-order valence-electron chi connectivity index (χ3n) is 4.98. The van der Waals surface area contributed by atoms with Crippen LogP contribution in [0.2, 0.25) is 0 Å². The Morgan fingerprint density at radius 2 is 1.16 bits per heavy atom. The molecule has 8 atom stereocenters. The highest BCUT2D eigenvalue weighted by Gasteiger charge is 2.39. The summed E-state index contributed by atoms with van der Waals surface area (Å²) in [6.07, 6.45) is 4.75. The topological polar surface area (TPSA) is 40.5 Å². The molecule has 2 aliphatic carbocycles. The van der Waals surface area contributed by atoms with Crippen LogP contribution in [0, 0.1) is 23.7 Å². The summed E-state index contributed by atoms with van der Waals surface area (Å²) in [6.45, 7) is 4.53. The molecule has 0 aliphatic heterocycles. The van der Waals surface area contributed by atoms with E-state index in [0.29, 0.717) is 23.7 Å². The van der Waals surface area contributed by atoms with Crippen molar-refractivity contribution in [2.75, 3.05) is 0 Å². The Hall–Kier alpha value is 0.880. The Labute approximate surface area is 133 Å². The first kappa shape index (κ1) is 16.3. The van der Waals surface area contributed by atoms with Crippen LogP contribution in [0.1, 0.15) is 46.0 Å². The molecule has 2 saturated carbocycles. The molecule has 0 saturated heterocycles. The van der Waals surface area contributed by atoms with E-state index in [0.717, 1.165) is 32.1 Å². The molecule has 8 unspecified atom stereocenters. The van der Waals surface area contributed by atoms with E-state index in [2.05, 4.69) is 45.7 Å². The van der Waals surface area contributed by atoms with Crippen molar-refractivity contribution in [3.8, 4) is 0 Å². The average molecular weight is 398 g/mol. The van der Waals surface area contributed by atoms with Crippen LogP contribution in [0.4, 0.5) is 0 Å². The molecule has 2 fully saturated rings. The van der Waals surface area contributed by atoms with Crippen molar-refractivity contribution < 1.29 is 10.2 Å². The van der Waals surface area contributed by atoms with E-state index in [1.165, 1.54) is 0 Å². The molecule has 2 aliphatic rings. The van der Waals surface area contributed by atoms with Crippen LogP contribution >= 0.6 is 31.9 Å². The third kappa shape index (κ3) is 3.96. The summed E-state index contributed by atoms with van der Waals surface area (Å²) in [5.41, 5.74) is 0. The first-order valence-corrected chi connectivity index (χ1v) is 9.35. The van der Waals surface area contributed by atoms with Crippen molar-refractivity contribution in [1.29, 1.82) is 0 Å². The number of aliphatic hydroxyl groups is 2. The highest BCUT2D eigenvalue weighted by atomic mass is 79.9.